The first-order valence-corrected chi connectivity index (χ1v) is 5.99. The predicted molar refractivity (Wildman–Crippen MR) is 57.0 cm³/mol. The van der Waals surface area contributed by atoms with Crippen molar-refractivity contribution < 1.29 is 4.74 Å². The zero-order chi connectivity index (χ0) is 9.07. The number of hydrogen-bond donors (Lipinski definition) is 1. The number of nitrogens with one attached hydrogen (secondary N) is 1. The molecule has 0 aliphatic carbocycles. The zero-order valence-electron chi connectivity index (χ0n) is 8.27. The molecule has 0 saturated heterocycles. The van der Waals surface area contributed by atoms with Crippen LogP contribution >= 0.6 is 11.8 Å². The Morgan fingerprint density at radius 3 is 2.58 bits per heavy atom. The van der Waals surface area contributed by atoms with Crippen molar-refractivity contribution in [3.63, 3.8) is 0 Å². The predicted octanol–water partition coefficient (Wildman–Crippen LogP) is 1.76. The van der Waals surface area contributed by atoms with E-state index in [4.69, 9.17) is 4.74 Å². The fourth-order valence-electron chi connectivity index (χ4n) is 0.963. The number of unbranched alkanes of at least 4 members (excludes halogenated alkanes) is 1. The van der Waals surface area contributed by atoms with Gasteiger partial charge in [0.1, 0.15) is 0 Å². The standard InChI is InChI=1S/C9H21NOS/c1-11-8-5-7-10-6-3-4-9-12-2/h10H,3-9H2,1-2H3. The third-order valence-electron chi connectivity index (χ3n) is 1.65. The van der Waals surface area contributed by atoms with E-state index in [0.29, 0.717) is 0 Å². The summed E-state index contributed by atoms with van der Waals surface area (Å²) in [5.41, 5.74) is 0. The number of methoxy groups -OCH3 is 1. The lowest BCUT2D eigenvalue weighted by atomic mass is 10.3. The van der Waals surface area contributed by atoms with Gasteiger partial charge in [0.15, 0.2) is 0 Å². The fraction of sp³-hybridized carbons (Fsp3) is 1.00. The van der Waals surface area contributed by atoms with Gasteiger partial charge in [0.25, 0.3) is 0 Å². The molecule has 3 heteroatoms. The minimum atomic E-state index is 0.873. The van der Waals surface area contributed by atoms with Crippen molar-refractivity contribution in [2.75, 3.05) is 38.8 Å². The molecule has 12 heavy (non-hydrogen) atoms. The second-order valence-electron chi connectivity index (χ2n) is 2.80. The van der Waals surface area contributed by atoms with Crippen molar-refractivity contribution in [2.24, 2.45) is 0 Å². The third-order valence-corrected chi connectivity index (χ3v) is 2.35. The highest BCUT2D eigenvalue weighted by Crippen LogP contribution is 1.97. The molecule has 0 aromatic carbocycles. The smallest absolute Gasteiger partial charge is 0.0474 e. The molecule has 74 valence electrons. The highest BCUT2D eigenvalue weighted by molar-refractivity contribution is 7.98. The summed E-state index contributed by atoms with van der Waals surface area (Å²) < 4.78 is 4.94. The molecule has 0 atom stereocenters. The number of thioether (sulfide) groups is 1. The van der Waals surface area contributed by atoms with Gasteiger partial charge in [0, 0.05) is 13.7 Å². The van der Waals surface area contributed by atoms with Crippen LogP contribution in [0.25, 0.3) is 0 Å². The highest BCUT2D eigenvalue weighted by Gasteiger charge is 1.88. The first-order chi connectivity index (χ1) is 5.91. The maximum Gasteiger partial charge on any atom is 0.0474 e. The first-order valence-electron chi connectivity index (χ1n) is 4.60. The van der Waals surface area contributed by atoms with E-state index in [1.165, 1.54) is 18.6 Å². The molecule has 1 N–H and O–H groups in total. The maximum absolute atomic E-state index is 4.94. The van der Waals surface area contributed by atoms with Gasteiger partial charge < -0.3 is 10.1 Å². The summed E-state index contributed by atoms with van der Waals surface area (Å²) in [6.07, 6.45) is 5.91. The second-order valence-corrected chi connectivity index (χ2v) is 3.78. The monoisotopic (exact) mass is 191 g/mol. The lowest BCUT2D eigenvalue weighted by Crippen LogP contribution is -2.17. The van der Waals surface area contributed by atoms with E-state index in [0.717, 1.165) is 26.1 Å². The Balaban J connectivity index is 2.73. The van der Waals surface area contributed by atoms with E-state index in [1.54, 1.807) is 7.11 Å². The van der Waals surface area contributed by atoms with Crippen molar-refractivity contribution in [1.82, 2.24) is 5.32 Å². The summed E-state index contributed by atoms with van der Waals surface area (Å²) in [5.74, 6) is 1.29. The lowest BCUT2D eigenvalue weighted by molar-refractivity contribution is 0.194. The number of rotatable bonds is 9. The SMILES string of the molecule is COCCCNCCCCSC. The molecule has 0 bridgehead atoms. The molecule has 0 aromatic rings. The van der Waals surface area contributed by atoms with E-state index in [9.17, 15) is 0 Å². The molecule has 0 aliphatic heterocycles. The molecular weight excluding hydrogens is 170 g/mol. The quantitative estimate of drug-likeness (QED) is 0.561. The number of ether oxygens (including phenoxy) is 1. The van der Waals surface area contributed by atoms with Gasteiger partial charge in [-0.2, -0.15) is 11.8 Å². The minimum absolute atomic E-state index is 0.873. The van der Waals surface area contributed by atoms with Crippen LogP contribution in [0.4, 0.5) is 0 Å². The van der Waals surface area contributed by atoms with Crippen molar-refractivity contribution in [2.45, 2.75) is 19.3 Å². The zero-order valence-corrected chi connectivity index (χ0v) is 9.08. The Kier molecular flexibility index (Phi) is 11.5. The molecule has 2 nitrogen and oxygen atoms in total. The third kappa shape index (κ3) is 10.3. The van der Waals surface area contributed by atoms with Crippen LogP contribution in [0.5, 0.6) is 0 Å². The van der Waals surface area contributed by atoms with E-state index < -0.39 is 0 Å². The topological polar surface area (TPSA) is 21.3 Å². The number of hydrogen-bond acceptors (Lipinski definition) is 3. The Morgan fingerprint density at radius 1 is 1.17 bits per heavy atom. The van der Waals surface area contributed by atoms with Crippen molar-refractivity contribution in [3.8, 4) is 0 Å². The van der Waals surface area contributed by atoms with E-state index in [1.807, 2.05) is 11.8 Å². The Morgan fingerprint density at radius 2 is 1.92 bits per heavy atom. The van der Waals surface area contributed by atoms with Gasteiger partial charge >= 0.3 is 0 Å². The van der Waals surface area contributed by atoms with E-state index >= 15 is 0 Å². The summed E-state index contributed by atoms with van der Waals surface area (Å²) in [6.45, 7) is 3.12. The molecule has 0 unspecified atom stereocenters. The van der Waals surface area contributed by atoms with Crippen LogP contribution in [0, 0.1) is 0 Å². The molecular formula is C9H21NOS. The summed E-state index contributed by atoms with van der Waals surface area (Å²) in [4.78, 5) is 0. The van der Waals surface area contributed by atoms with Crippen molar-refractivity contribution in [3.05, 3.63) is 0 Å². The maximum atomic E-state index is 4.94. The van der Waals surface area contributed by atoms with E-state index in [-0.39, 0.29) is 0 Å². The molecule has 0 radical (unpaired) electrons. The summed E-state index contributed by atoms with van der Waals surface area (Å²) in [5, 5.41) is 3.39. The molecule has 0 amide bonds. The van der Waals surface area contributed by atoms with Crippen LogP contribution in [0.15, 0.2) is 0 Å². The Bertz CT molecular complexity index is 70.9. The summed E-state index contributed by atoms with van der Waals surface area (Å²) in [7, 11) is 1.75. The van der Waals surface area contributed by atoms with Gasteiger partial charge in [-0.15, -0.1) is 0 Å². The largest absolute Gasteiger partial charge is 0.385 e. The molecule has 0 spiro atoms. The van der Waals surface area contributed by atoms with Crippen LogP contribution in [-0.4, -0.2) is 38.8 Å². The van der Waals surface area contributed by atoms with Gasteiger partial charge in [0.2, 0.25) is 0 Å². The molecule has 0 aromatic heterocycles. The molecule has 0 heterocycles. The molecule has 0 aliphatic rings. The fourth-order valence-corrected chi connectivity index (χ4v) is 1.46. The summed E-state index contributed by atoms with van der Waals surface area (Å²) in [6, 6.07) is 0. The molecule has 0 saturated carbocycles. The van der Waals surface area contributed by atoms with Gasteiger partial charge in [-0.3, -0.25) is 0 Å². The highest BCUT2D eigenvalue weighted by atomic mass is 32.2. The average molecular weight is 191 g/mol. The van der Waals surface area contributed by atoms with Gasteiger partial charge in [-0.1, -0.05) is 0 Å². The minimum Gasteiger partial charge on any atom is -0.385 e. The van der Waals surface area contributed by atoms with Crippen LogP contribution in [0.1, 0.15) is 19.3 Å². The molecule has 0 fully saturated rings. The van der Waals surface area contributed by atoms with Gasteiger partial charge in [-0.25, -0.2) is 0 Å². The van der Waals surface area contributed by atoms with Crippen LogP contribution < -0.4 is 5.32 Å². The van der Waals surface area contributed by atoms with Crippen molar-refractivity contribution in [1.29, 1.82) is 0 Å². The van der Waals surface area contributed by atoms with Crippen molar-refractivity contribution >= 4 is 11.8 Å². The lowest BCUT2D eigenvalue weighted by Gasteiger charge is -2.03. The van der Waals surface area contributed by atoms with Crippen LogP contribution in [0.3, 0.4) is 0 Å². The Labute approximate surface area is 80.4 Å². The van der Waals surface area contributed by atoms with Crippen LogP contribution in [-0.2, 0) is 4.74 Å². The first kappa shape index (κ1) is 12.3. The van der Waals surface area contributed by atoms with Crippen LogP contribution in [0.2, 0.25) is 0 Å². The Hall–Kier alpha value is 0.270. The second kappa shape index (κ2) is 11.3. The van der Waals surface area contributed by atoms with Gasteiger partial charge in [0.05, 0.1) is 0 Å². The molecule has 0 rings (SSSR count). The summed E-state index contributed by atoms with van der Waals surface area (Å²) >= 11 is 1.93. The average Bonchev–Trinajstić information content (AvgIpc) is 2.10. The normalized spacial score (nSPS) is 10.5. The van der Waals surface area contributed by atoms with Gasteiger partial charge in [-0.05, 0) is 44.4 Å². The van der Waals surface area contributed by atoms with E-state index in [2.05, 4.69) is 11.6 Å².